The number of fused-ring (bicyclic) bond motifs is 5. The van der Waals surface area contributed by atoms with E-state index in [1.165, 1.54) is 6.08 Å². The van der Waals surface area contributed by atoms with Crippen LogP contribution in [0.4, 0.5) is 0 Å². The van der Waals surface area contributed by atoms with Gasteiger partial charge in [-0.2, -0.15) is 0 Å². The van der Waals surface area contributed by atoms with Gasteiger partial charge in [0.2, 0.25) is 5.91 Å². The number of carbonyl (C=O) groups excluding carboxylic acids is 2. The van der Waals surface area contributed by atoms with Crippen molar-refractivity contribution in [1.82, 2.24) is 4.90 Å². The summed E-state index contributed by atoms with van der Waals surface area (Å²) in [7, 11) is 0. The molecule has 6 nitrogen and oxygen atoms in total. The molecule has 1 fully saturated rings. The fraction of sp³-hybridized carbons (Fsp3) is 0.333. The number of rotatable bonds is 6. The average molecular weight is 446 g/mol. The molecule has 2 aliphatic heterocycles. The number of aliphatic hydroxyl groups excluding tert-OH is 2. The first-order valence-electron chi connectivity index (χ1n) is 11.3. The van der Waals surface area contributed by atoms with E-state index in [0.29, 0.717) is 5.70 Å². The Labute approximate surface area is 192 Å². The standard InChI is InChI=1S/C27H27NO5/c1-3-12-33-27(32)25-23-20(24-22(15(2)30)26(31)28(24)25)11-10-18-8-9-19(13-21(18)23)17-6-4-16(14-29)5-7-17/h3-9,13,15,20,22,24,29-30H,1,10-12,14H2,2H3/t15-,20+,22-,24-/m1/s1. The largest absolute Gasteiger partial charge is 0.457 e. The van der Waals surface area contributed by atoms with Crippen LogP contribution in [-0.2, 0) is 27.4 Å². The average Bonchev–Trinajstić information content (AvgIpc) is 3.12. The molecule has 0 saturated carbocycles. The molecule has 0 unspecified atom stereocenters. The number of hydrogen-bond acceptors (Lipinski definition) is 5. The lowest BCUT2D eigenvalue weighted by Crippen LogP contribution is -2.64. The van der Waals surface area contributed by atoms with E-state index in [2.05, 4.69) is 24.8 Å². The van der Waals surface area contributed by atoms with Gasteiger partial charge in [0, 0.05) is 5.92 Å². The SMILES string of the molecule is C=CCOC(=O)C1=C2c3cc(-c4ccc(CO)cc4)ccc3CC[C@@H]2[C@@H]2[C@@H]([C@@H](C)O)C(=O)N12. The lowest BCUT2D eigenvalue weighted by atomic mass is 9.70. The molecule has 2 aromatic carbocycles. The van der Waals surface area contributed by atoms with Crippen LogP contribution in [0.25, 0.3) is 16.7 Å². The van der Waals surface area contributed by atoms with Gasteiger partial charge in [0.1, 0.15) is 12.3 Å². The van der Waals surface area contributed by atoms with Gasteiger partial charge in [0.15, 0.2) is 0 Å². The fourth-order valence-corrected chi connectivity index (χ4v) is 5.58. The van der Waals surface area contributed by atoms with Crippen LogP contribution < -0.4 is 0 Å². The monoisotopic (exact) mass is 445 g/mol. The molecule has 0 aromatic heterocycles. The third kappa shape index (κ3) is 3.33. The van der Waals surface area contributed by atoms with E-state index in [1.807, 2.05) is 24.3 Å². The Hall–Kier alpha value is -3.22. The highest BCUT2D eigenvalue weighted by Crippen LogP contribution is 2.55. The van der Waals surface area contributed by atoms with E-state index in [0.717, 1.165) is 46.2 Å². The van der Waals surface area contributed by atoms with Crippen molar-refractivity contribution in [2.75, 3.05) is 6.61 Å². The van der Waals surface area contributed by atoms with Gasteiger partial charge in [-0.15, -0.1) is 0 Å². The lowest BCUT2D eigenvalue weighted by Gasteiger charge is -2.47. The smallest absolute Gasteiger partial charge is 0.355 e. The molecule has 5 rings (SSSR count). The molecule has 3 aliphatic rings. The van der Waals surface area contributed by atoms with E-state index < -0.39 is 18.0 Å². The zero-order valence-electron chi connectivity index (χ0n) is 18.5. The quantitative estimate of drug-likeness (QED) is 0.405. The number of benzene rings is 2. The number of hydrogen-bond donors (Lipinski definition) is 2. The van der Waals surface area contributed by atoms with E-state index in [4.69, 9.17) is 4.74 Å². The summed E-state index contributed by atoms with van der Waals surface area (Å²) in [6, 6.07) is 13.7. The molecule has 1 aliphatic carbocycles. The van der Waals surface area contributed by atoms with Gasteiger partial charge in [-0.1, -0.05) is 49.1 Å². The van der Waals surface area contributed by atoms with E-state index in [-0.39, 0.29) is 31.1 Å². The second-order valence-electron chi connectivity index (χ2n) is 8.99. The zero-order chi connectivity index (χ0) is 23.3. The van der Waals surface area contributed by atoms with Gasteiger partial charge in [0.05, 0.1) is 24.7 Å². The van der Waals surface area contributed by atoms with Gasteiger partial charge >= 0.3 is 5.97 Å². The minimum absolute atomic E-state index is 0.00902. The molecule has 4 atom stereocenters. The van der Waals surface area contributed by atoms with Crippen molar-refractivity contribution in [3.05, 3.63) is 77.5 Å². The Morgan fingerprint density at radius 2 is 1.97 bits per heavy atom. The predicted octanol–water partition coefficient (Wildman–Crippen LogP) is 3.07. The normalized spacial score (nSPS) is 23.9. The van der Waals surface area contributed by atoms with E-state index in [9.17, 15) is 19.8 Å². The number of ether oxygens (including phenoxy) is 1. The van der Waals surface area contributed by atoms with Crippen LogP contribution in [0.5, 0.6) is 0 Å². The lowest BCUT2D eigenvalue weighted by molar-refractivity contribution is -0.164. The molecule has 0 bridgehead atoms. The van der Waals surface area contributed by atoms with Crippen LogP contribution in [-0.4, -0.2) is 45.7 Å². The van der Waals surface area contributed by atoms with Crippen molar-refractivity contribution in [3.63, 3.8) is 0 Å². The van der Waals surface area contributed by atoms with Gasteiger partial charge < -0.3 is 19.8 Å². The Bertz CT molecular complexity index is 1160. The number of carbonyl (C=O) groups is 2. The number of aryl methyl sites for hydroxylation is 1. The molecule has 0 spiro atoms. The number of β-lactam (4-membered cyclic amide) rings is 1. The van der Waals surface area contributed by atoms with Crippen molar-refractivity contribution in [2.45, 2.75) is 38.5 Å². The first-order chi connectivity index (χ1) is 16.0. The highest BCUT2D eigenvalue weighted by atomic mass is 16.5. The molecular weight excluding hydrogens is 418 g/mol. The Morgan fingerprint density at radius 1 is 1.24 bits per heavy atom. The maximum Gasteiger partial charge on any atom is 0.355 e. The summed E-state index contributed by atoms with van der Waals surface area (Å²) in [6.45, 7) is 5.30. The van der Waals surface area contributed by atoms with E-state index >= 15 is 0 Å². The van der Waals surface area contributed by atoms with Crippen LogP contribution in [0.2, 0.25) is 0 Å². The molecule has 33 heavy (non-hydrogen) atoms. The maximum absolute atomic E-state index is 13.1. The molecule has 170 valence electrons. The summed E-state index contributed by atoms with van der Waals surface area (Å²) in [5.41, 5.74) is 6.10. The van der Waals surface area contributed by atoms with E-state index in [1.54, 1.807) is 11.8 Å². The summed E-state index contributed by atoms with van der Waals surface area (Å²) in [5.74, 6) is -1.28. The van der Waals surface area contributed by atoms with Gasteiger partial charge in [-0.3, -0.25) is 4.79 Å². The minimum Gasteiger partial charge on any atom is -0.457 e. The summed E-state index contributed by atoms with van der Waals surface area (Å²) in [4.78, 5) is 27.6. The summed E-state index contributed by atoms with van der Waals surface area (Å²) < 4.78 is 5.38. The third-order valence-electron chi connectivity index (χ3n) is 7.11. The van der Waals surface area contributed by atoms with Crippen LogP contribution in [0.15, 0.2) is 60.8 Å². The highest BCUT2D eigenvalue weighted by Gasteiger charge is 2.61. The number of amides is 1. The molecule has 2 heterocycles. The predicted molar refractivity (Wildman–Crippen MR) is 123 cm³/mol. The second kappa shape index (κ2) is 8.28. The van der Waals surface area contributed by atoms with Gasteiger partial charge in [-0.25, -0.2) is 4.79 Å². The first-order valence-corrected chi connectivity index (χ1v) is 11.3. The molecule has 1 amide bonds. The molecule has 2 aromatic rings. The molecule has 6 heteroatoms. The fourth-order valence-electron chi connectivity index (χ4n) is 5.58. The Kier molecular flexibility index (Phi) is 5.43. The van der Waals surface area contributed by atoms with Crippen molar-refractivity contribution >= 4 is 17.4 Å². The van der Waals surface area contributed by atoms with Gasteiger partial charge in [0.25, 0.3) is 0 Å². The van der Waals surface area contributed by atoms with Crippen LogP contribution >= 0.6 is 0 Å². The molecular formula is C27H27NO5. The number of aliphatic hydroxyl groups is 2. The highest BCUT2D eigenvalue weighted by molar-refractivity contribution is 6.08. The molecule has 1 saturated heterocycles. The second-order valence-corrected chi connectivity index (χ2v) is 8.99. The van der Waals surface area contributed by atoms with Crippen LogP contribution in [0.1, 0.15) is 30.0 Å². The van der Waals surface area contributed by atoms with Crippen molar-refractivity contribution in [2.24, 2.45) is 11.8 Å². The van der Waals surface area contributed by atoms with Crippen LogP contribution in [0, 0.1) is 11.8 Å². The number of esters is 1. The Balaban J connectivity index is 1.63. The van der Waals surface area contributed by atoms with Crippen molar-refractivity contribution in [3.8, 4) is 11.1 Å². The zero-order valence-corrected chi connectivity index (χ0v) is 18.5. The minimum atomic E-state index is -0.777. The van der Waals surface area contributed by atoms with Crippen LogP contribution in [0.3, 0.4) is 0 Å². The molecule has 0 radical (unpaired) electrons. The summed E-state index contributed by atoms with van der Waals surface area (Å²) >= 11 is 0. The first kappa shape index (κ1) is 21.6. The Morgan fingerprint density at radius 3 is 2.64 bits per heavy atom. The summed E-state index contributed by atoms with van der Waals surface area (Å²) in [5, 5.41) is 19.6. The van der Waals surface area contributed by atoms with Crippen molar-refractivity contribution in [1.29, 1.82) is 0 Å². The third-order valence-corrected chi connectivity index (χ3v) is 7.11. The maximum atomic E-state index is 13.1. The van der Waals surface area contributed by atoms with Crippen molar-refractivity contribution < 1.29 is 24.5 Å². The summed E-state index contributed by atoms with van der Waals surface area (Å²) in [6.07, 6.45) is 2.38. The number of nitrogens with zero attached hydrogens (tertiary/aromatic N) is 1. The van der Waals surface area contributed by atoms with Gasteiger partial charge in [-0.05, 0) is 59.2 Å². The topological polar surface area (TPSA) is 87.1 Å². The molecule has 2 N–H and O–H groups in total.